The van der Waals surface area contributed by atoms with E-state index in [2.05, 4.69) is 4.74 Å². The molecule has 24 heavy (non-hydrogen) atoms. The summed E-state index contributed by atoms with van der Waals surface area (Å²) >= 11 is 5.91. The summed E-state index contributed by atoms with van der Waals surface area (Å²) in [5, 5.41) is 9.01. The van der Waals surface area contributed by atoms with Gasteiger partial charge in [-0.05, 0) is 35.9 Å². The summed E-state index contributed by atoms with van der Waals surface area (Å²) in [4.78, 5) is 12.1. The molecular weight excluding hydrogens is 344 g/mol. The van der Waals surface area contributed by atoms with Crippen LogP contribution in [0, 0.1) is 11.3 Å². The SMILES string of the molecule is COc1cc(/C=C(\C#N)C(=O)c2ccco2)cc(Cl)c1OC(F)F. The molecule has 0 aliphatic rings. The van der Waals surface area contributed by atoms with Crippen LogP contribution >= 0.6 is 11.6 Å². The lowest BCUT2D eigenvalue weighted by molar-refractivity contribution is -0.0511. The molecule has 0 spiro atoms. The highest BCUT2D eigenvalue weighted by atomic mass is 35.5. The van der Waals surface area contributed by atoms with Crippen molar-refractivity contribution in [1.82, 2.24) is 0 Å². The molecule has 0 atom stereocenters. The van der Waals surface area contributed by atoms with Crippen molar-refractivity contribution < 1.29 is 27.5 Å². The van der Waals surface area contributed by atoms with E-state index in [0.717, 1.165) is 0 Å². The summed E-state index contributed by atoms with van der Waals surface area (Å²) in [7, 11) is 1.25. The van der Waals surface area contributed by atoms with Crippen molar-refractivity contribution in [3.63, 3.8) is 0 Å². The fraction of sp³-hybridized carbons (Fsp3) is 0.125. The standard InChI is InChI=1S/C16H10ClF2NO4/c1-22-13-7-9(6-11(17)15(13)24-16(18)19)5-10(8-20)14(21)12-3-2-4-23-12/h2-7,16H,1H3/b10-5+. The van der Waals surface area contributed by atoms with Gasteiger partial charge in [0.05, 0.1) is 18.4 Å². The molecule has 0 fully saturated rings. The van der Waals surface area contributed by atoms with Gasteiger partial charge in [0.25, 0.3) is 0 Å². The van der Waals surface area contributed by atoms with Gasteiger partial charge in [-0.15, -0.1) is 0 Å². The second-order valence-corrected chi connectivity index (χ2v) is 4.80. The predicted octanol–water partition coefficient (Wildman–Crippen LogP) is 4.33. The van der Waals surface area contributed by atoms with Crippen LogP contribution in [0.4, 0.5) is 8.78 Å². The minimum absolute atomic E-state index is 0.00137. The maximum atomic E-state index is 12.4. The number of methoxy groups -OCH3 is 1. The van der Waals surface area contributed by atoms with Gasteiger partial charge in [-0.3, -0.25) is 4.79 Å². The number of benzene rings is 1. The van der Waals surface area contributed by atoms with E-state index in [1.165, 1.54) is 43.7 Å². The lowest BCUT2D eigenvalue weighted by Crippen LogP contribution is -2.04. The van der Waals surface area contributed by atoms with Gasteiger partial charge in [-0.1, -0.05) is 11.6 Å². The Hall–Kier alpha value is -2.85. The van der Waals surface area contributed by atoms with Gasteiger partial charge < -0.3 is 13.9 Å². The van der Waals surface area contributed by atoms with E-state index in [4.69, 9.17) is 26.0 Å². The van der Waals surface area contributed by atoms with E-state index in [0.29, 0.717) is 5.56 Å². The third-order valence-electron chi connectivity index (χ3n) is 2.88. The minimum Gasteiger partial charge on any atom is -0.493 e. The van der Waals surface area contributed by atoms with Gasteiger partial charge in [-0.2, -0.15) is 14.0 Å². The highest BCUT2D eigenvalue weighted by Crippen LogP contribution is 2.38. The van der Waals surface area contributed by atoms with Gasteiger partial charge >= 0.3 is 6.61 Å². The molecule has 2 aromatic rings. The Balaban J connectivity index is 2.43. The number of rotatable bonds is 6. The average molecular weight is 354 g/mol. The first-order chi connectivity index (χ1) is 11.5. The van der Waals surface area contributed by atoms with Crippen LogP contribution in [0.2, 0.25) is 5.02 Å². The second kappa shape index (κ2) is 7.62. The molecule has 8 heteroatoms. The lowest BCUT2D eigenvalue weighted by Gasteiger charge is -2.12. The Morgan fingerprint density at radius 1 is 1.46 bits per heavy atom. The minimum atomic E-state index is -3.08. The quantitative estimate of drug-likeness (QED) is 0.439. The summed E-state index contributed by atoms with van der Waals surface area (Å²) in [6.07, 6.45) is 2.55. The van der Waals surface area contributed by atoms with Crippen LogP contribution in [-0.2, 0) is 0 Å². The van der Waals surface area contributed by atoms with Crippen LogP contribution in [0.1, 0.15) is 16.1 Å². The van der Waals surface area contributed by atoms with Crippen LogP contribution in [0.3, 0.4) is 0 Å². The molecule has 0 bridgehead atoms. The van der Waals surface area contributed by atoms with Crippen LogP contribution in [0.25, 0.3) is 6.08 Å². The number of carbonyl (C=O) groups excluding carboxylic acids is 1. The summed E-state index contributed by atoms with van der Waals surface area (Å²) in [5.41, 5.74) is 0.0838. The van der Waals surface area contributed by atoms with E-state index < -0.39 is 12.4 Å². The number of allylic oxidation sites excluding steroid dienone is 1. The average Bonchev–Trinajstić information content (AvgIpc) is 3.08. The van der Waals surface area contributed by atoms with Gasteiger partial charge in [0.1, 0.15) is 11.6 Å². The van der Waals surface area contributed by atoms with Crippen molar-refractivity contribution in [1.29, 1.82) is 5.26 Å². The number of carbonyl (C=O) groups is 1. The third kappa shape index (κ3) is 3.91. The first kappa shape index (κ1) is 17.5. The molecule has 0 radical (unpaired) electrons. The molecule has 5 nitrogen and oxygen atoms in total. The number of Topliss-reactive ketones (excluding diaryl/α,β-unsaturated/α-hetero) is 1. The number of hydrogen-bond acceptors (Lipinski definition) is 5. The highest BCUT2D eigenvalue weighted by Gasteiger charge is 2.18. The second-order valence-electron chi connectivity index (χ2n) is 4.39. The van der Waals surface area contributed by atoms with E-state index in [-0.39, 0.29) is 27.9 Å². The Labute approximate surface area is 140 Å². The van der Waals surface area contributed by atoms with Crippen molar-refractivity contribution in [3.8, 4) is 17.6 Å². The van der Waals surface area contributed by atoms with Gasteiger partial charge in [0, 0.05) is 0 Å². The number of ketones is 1. The van der Waals surface area contributed by atoms with Crippen molar-refractivity contribution in [2.24, 2.45) is 0 Å². The van der Waals surface area contributed by atoms with Gasteiger partial charge in [0.2, 0.25) is 5.78 Å². The molecule has 0 amide bonds. The highest BCUT2D eigenvalue weighted by molar-refractivity contribution is 6.32. The summed E-state index contributed by atoms with van der Waals surface area (Å²) < 4.78 is 39.0. The number of furan rings is 1. The normalized spacial score (nSPS) is 11.2. The zero-order chi connectivity index (χ0) is 17.7. The third-order valence-corrected chi connectivity index (χ3v) is 3.16. The molecule has 124 valence electrons. The molecule has 0 N–H and O–H groups in total. The fourth-order valence-corrected chi connectivity index (χ4v) is 2.15. The summed E-state index contributed by atoms with van der Waals surface area (Å²) in [5.74, 6) is -1.01. The maximum Gasteiger partial charge on any atom is 0.387 e. The zero-order valence-electron chi connectivity index (χ0n) is 12.3. The first-order valence-corrected chi connectivity index (χ1v) is 6.86. The number of halogens is 3. The molecule has 1 aromatic heterocycles. The van der Waals surface area contributed by atoms with Crippen LogP contribution in [-0.4, -0.2) is 19.5 Å². The number of alkyl halides is 2. The molecule has 1 aromatic carbocycles. The summed E-state index contributed by atoms with van der Waals surface area (Å²) in [6.45, 7) is -3.08. The molecule has 0 saturated carbocycles. The topological polar surface area (TPSA) is 72.5 Å². The number of hydrogen-bond donors (Lipinski definition) is 0. The first-order valence-electron chi connectivity index (χ1n) is 6.48. The molecule has 0 unspecified atom stereocenters. The van der Waals surface area contributed by atoms with Gasteiger partial charge in [-0.25, -0.2) is 0 Å². The predicted molar refractivity (Wildman–Crippen MR) is 81.3 cm³/mol. The van der Waals surface area contributed by atoms with Crippen molar-refractivity contribution in [2.75, 3.05) is 7.11 Å². The number of ether oxygens (including phenoxy) is 2. The number of nitrogens with zero attached hydrogens (tertiary/aromatic N) is 1. The van der Waals surface area contributed by atoms with Crippen molar-refractivity contribution in [2.45, 2.75) is 6.61 Å². The van der Waals surface area contributed by atoms with Crippen LogP contribution in [0.5, 0.6) is 11.5 Å². The molecule has 0 aliphatic heterocycles. The van der Waals surface area contributed by atoms with Gasteiger partial charge in [0.15, 0.2) is 17.3 Å². The Kier molecular flexibility index (Phi) is 5.55. The fourth-order valence-electron chi connectivity index (χ4n) is 1.88. The molecule has 0 aliphatic carbocycles. The largest absolute Gasteiger partial charge is 0.493 e. The molecule has 0 saturated heterocycles. The Bertz CT molecular complexity index is 810. The lowest BCUT2D eigenvalue weighted by atomic mass is 10.1. The van der Waals surface area contributed by atoms with E-state index in [9.17, 15) is 13.6 Å². The monoisotopic (exact) mass is 353 g/mol. The molecular formula is C16H10ClF2NO4. The Morgan fingerprint density at radius 3 is 2.75 bits per heavy atom. The number of nitriles is 1. The zero-order valence-corrected chi connectivity index (χ0v) is 13.0. The van der Waals surface area contributed by atoms with Crippen LogP contribution < -0.4 is 9.47 Å². The van der Waals surface area contributed by atoms with E-state index in [1.54, 1.807) is 6.07 Å². The Morgan fingerprint density at radius 2 is 2.21 bits per heavy atom. The van der Waals surface area contributed by atoms with E-state index in [1.807, 2.05) is 0 Å². The summed E-state index contributed by atoms with van der Waals surface area (Å²) in [6, 6.07) is 7.28. The molecule has 2 rings (SSSR count). The molecule has 1 heterocycles. The smallest absolute Gasteiger partial charge is 0.387 e. The van der Waals surface area contributed by atoms with Crippen molar-refractivity contribution in [3.05, 3.63) is 52.4 Å². The van der Waals surface area contributed by atoms with Crippen LogP contribution in [0.15, 0.2) is 40.5 Å². The maximum absolute atomic E-state index is 12.4. The van der Waals surface area contributed by atoms with Crippen molar-refractivity contribution >= 4 is 23.5 Å². The van der Waals surface area contributed by atoms with E-state index >= 15 is 0 Å².